The van der Waals surface area contributed by atoms with Crippen molar-refractivity contribution >= 4 is 17.5 Å². The summed E-state index contributed by atoms with van der Waals surface area (Å²) in [5.41, 5.74) is 2.06. The zero-order valence-electron chi connectivity index (χ0n) is 16.4. The lowest BCUT2D eigenvalue weighted by atomic mass is 9.83. The topological polar surface area (TPSA) is 73.9 Å². The van der Waals surface area contributed by atoms with Crippen LogP contribution in [0.25, 0.3) is 0 Å². The minimum absolute atomic E-state index is 0.0911. The number of likely N-dealkylation sites (tertiary alicyclic amines) is 1. The maximum Gasteiger partial charge on any atom is 0.236 e. The molecule has 4 rings (SSSR count). The van der Waals surface area contributed by atoms with Gasteiger partial charge in [-0.25, -0.2) is 0 Å². The van der Waals surface area contributed by atoms with Gasteiger partial charge in [-0.05, 0) is 30.9 Å². The Morgan fingerprint density at radius 3 is 2.64 bits per heavy atom. The van der Waals surface area contributed by atoms with Crippen LogP contribution in [0.1, 0.15) is 24.8 Å². The van der Waals surface area contributed by atoms with Crippen LogP contribution in [0.2, 0.25) is 0 Å². The smallest absolute Gasteiger partial charge is 0.236 e. The zero-order valence-corrected chi connectivity index (χ0v) is 16.4. The van der Waals surface area contributed by atoms with Gasteiger partial charge >= 0.3 is 0 Å². The van der Waals surface area contributed by atoms with Gasteiger partial charge in [0.1, 0.15) is 0 Å². The van der Waals surface area contributed by atoms with E-state index in [4.69, 9.17) is 4.74 Å². The molecule has 7 heteroatoms. The third-order valence-corrected chi connectivity index (χ3v) is 6.17. The van der Waals surface area contributed by atoms with Crippen molar-refractivity contribution < 1.29 is 14.3 Å². The van der Waals surface area contributed by atoms with Gasteiger partial charge in [-0.2, -0.15) is 0 Å². The van der Waals surface area contributed by atoms with E-state index in [1.54, 1.807) is 0 Å². The Hall–Kier alpha value is -2.12. The summed E-state index contributed by atoms with van der Waals surface area (Å²) in [6, 6.07) is 8.30. The Labute approximate surface area is 166 Å². The van der Waals surface area contributed by atoms with Crippen LogP contribution in [0.3, 0.4) is 0 Å². The van der Waals surface area contributed by atoms with Crippen LogP contribution in [0.4, 0.5) is 5.69 Å². The quantitative estimate of drug-likeness (QED) is 0.789. The number of para-hydroxylation sites is 1. The summed E-state index contributed by atoms with van der Waals surface area (Å²) in [4.78, 5) is 29.3. The molecule has 0 bridgehead atoms. The number of morpholine rings is 1. The zero-order chi connectivity index (χ0) is 19.4. The number of carbonyl (C=O) groups is 2. The van der Waals surface area contributed by atoms with Crippen molar-refractivity contribution in [2.75, 3.05) is 57.8 Å². The molecule has 3 aliphatic heterocycles. The number of rotatable bonds is 2. The van der Waals surface area contributed by atoms with Gasteiger partial charge in [0.25, 0.3) is 0 Å². The normalized spacial score (nSPS) is 23.0. The lowest BCUT2D eigenvalue weighted by molar-refractivity contribution is -0.135. The standard InChI is InChI=1S/C21H30N4O3/c26-19-15-21(23-18-4-2-1-3-17(18)5-8-22-19)6-9-25(10-7-21)20(27)16-24-11-13-28-14-12-24/h1-4,23H,5-16H2,(H,22,26). The third-order valence-electron chi connectivity index (χ3n) is 6.17. The SMILES string of the molecule is O=C1CC2(CCN(C(=O)CN3CCOCC3)CC2)Nc2ccccc2CCN1. The number of hydrogen-bond donors (Lipinski definition) is 2. The fourth-order valence-electron chi connectivity index (χ4n) is 4.43. The number of amides is 2. The van der Waals surface area contributed by atoms with Crippen molar-refractivity contribution in [1.82, 2.24) is 15.1 Å². The summed E-state index contributed by atoms with van der Waals surface area (Å²) in [7, 11) is 0. The summed E-state index contributed by atoms with van der Waals surface area (Å²) in [5, 5.41) is 6.75. The van der Waals surface area contributed by atoms with E-state index in [1.807, 2.05) is 17.0 Å². The molecule has 28 heavy (non-hydrogen) atoms. The van der Waals surface area contributed by atoms with E-state index in [2.05, 4.69) is 27.7 Å². The van der Waals surface area contributed by atoms with Crippen molar-refractivity contribution in [3.05, 3.63) is 29.8 Å². The number of carbonyl (C=O) groups excluding carboxylic acids is 2. The second kappa shape index (κ2) is 8.49. The van der Waals surface area contributed by atoms with Gasteiger partial charge in [-0.3, -0.25) is 14.5 Å². The highest BCUT2D eigenvalue weighted by Gasteiger charge is 2.38. The Balaban J connectivity index is 1.42. The van der Waals surface area contributed by atoms with Gasteiger partial charge in [-0.15, -0.1) is 0 Å². The molecule has 2 saturated heterocycles. The van der Waals surface area contributed by atoms with Crippen LogP contribution >= 0.6 is 0 Å². The van der Waals surface area contributed by atoms with Crippen LogP contribution in [0.15, 0.2) is 24.3 Å². The fourth-order valence-corrected chi connectivity index (χ4v) is 4.43. The molecule has 3 aliphatic rings. The first kappa shape index (κ1) is 19.2. The Kier molecular flexibility index (Phi) is 5.82. The summed E-state index contributed by atoms with van der Waals surface area (Å²) in [6.45, 7) is 5.55. The maximum absolute atomic E-state index is 12.7. The molecular weight excluding hydrogens is 356 g/mol. The van der Waals surface area contributed by atoms with Crippen molar-refractivity contribution in [2.45, 2.75) is 31.2 Å². The number of benzene rings is 1. The van der Waals surface area contributed by atoms with Gasteiger partial charge < -0.3 is 20.3 Å². The molecule has 3 heterocycles. The summed E-state index contributed by atoms with van der Waals surface area (Å²) >= 11 is 0. The monoisotopic (exact) mass is 386 g/mol. The molecule has 2 amide bonds. The molecule has 0 radical (unpaired) electrons. The minimum atomic E-state index is -0.291. The second-order valence-electron chi connectivity index (χ2n) is 8.11. The molecular formula is C21H30N4O3. The molecule has 7 nitrogen and oxygen atoms in total. The Bertz CT molecular complexity index is 709. The predicted octanol–water partition coefficient (Wildman–Crippen LogP) is 0.854. The van der Waals surface area contributed by atoms with E-state index in [1.165, 1.54) is 5.56 Å². The van der Waals surface area contributed by atoms with E-state index in [-0.39, 0.29) is 17.4 Å². The average Bonchev–Trinajstić information content (AvgIpc) is 2.76. The summed E-state index contributed by atoms with van der Waals surface area (Å²) < 4.78 is 5.36. The van der Waals surface area contributed by atoms with Gasteiger partial charge in [-0.1, -0.05) is 18.2 Å². The molecule has 0 aromatic heterocycles. The Morgan fingerprint density at radius 2 is 1.86 bits per heavy atom. The second-order valence-corrected chi connectivity index (χ2v) is 8.11. The first-order valence-electron chi connectivity index (χ1n) is 10.3. The highest BCUT2D eigenvalue weighted by Crippen LogP contribution is 2.32. The van der Waals surface area contributed by atoms with E-state index < -0.39 is 0 Å². The number of nitrogens with zero attached hydrogens (tertiary/aromatic N) is 2. The summed E-state index contributed by atoms with van der Waals surface area (Å²) in [5.74, 6) is 0.276. The van der Waals surface area contributed by atoms with Crippen LogP contribution in [0.5, 0.6) is 0 Å². The van der Waals surface area contributed by atoms with Crippen LogP contribution in [-0.2, 0) is 20.7 Å². The predicted molar refractivity (Wildman–Crippen MR) is 107 cm³/mol. The van der Waals surface area contributed by atoms with E-state index in [0.717, 1.165) is 38.0 Å². The Morgan fingerprint density at radius 1 is 1.11 bits per heavy atom. The number of hydrogen-bond acceptors (Lipinski definition) is 5. The van der Waals surface area contributed by atoms with Crippen molar-refractivity contribution in [3.8, 4) is 0 Å². The molecule has 1 aromatic rings. The average molecular weight is 386 g/mol. The number of piperidine rings is 1. The molecule has 152 valence electrons. The molecule has 0 aliphatic carbocycles. The molecule has 1 spiro atoms. The van der Waals surface area contributed by atoms with Gasteiger partial charge in [0.2, 0.25) is 11.8 Å². The number of anilines is 1. The molecule has 2 N–H and O–H groups in total. The van der Waals surface area contributed by atoms with E-state index in [0.29, 0.717) is 45.8 Å². The maximum atomic E-state index is 12.7. The highest BCUT2D eigenvalue weighted by atomic mass is 16.5. The molecule has 2 fully saturated rings. The lowest BCUT2D eigenvalue weighted by Crippen LogP contribution is -2.54. The van der Waals surface area contributed by atoms with Crippen LogP contribution in [-0.4, -0.2) is 79.6 Å². The van der Waals surface area contributed by atoms with E-state index >= 15 is 0 Å². The first-order valence-corrected chi connectivity index (χ1v) is 10.3. The fraction of sp³-hybridized carbons (Fsp3) is 0.619. The van der Waals surface area contributed by atoms with E-state index in [9.17, 15) is 9.59 Å². The number of ether oxygens (including phenoxy) is 1. The number of nitrogens with one attached hydrogen (secondary N) is 2. The molecule has 0 atom stereocenters. The number of fused-ring (bicyclic) bond motifs is 1. The van der Waals surface area contributed by atoms with Crippen molar-refractivity contribution in [3.63, 3.8) is 0 Å². The van der Waals surface area contributed by atoms with Gasteiger partial charge in [0, 0.05) is 50.4 Å². The van der Waals surface area contributed by atoms with Crippen molar-refractivity contribution in [2.24, 2.45) is 0 Å². The largest absolute Gasteiger partial charge is 0.379 e. The molecule has 0 unspecified atom stereocenters. The highest BCUT2D eigenvalue weighted by molar-refractivity contribution is 5.80. The minimum Gasteiger partial charge on any atom is -0.379 e. The van der Waals surface area contributed by atoms with Gasteiger partial charge in [0.05, 0.1) is 19.8 Å². The molecule has 0 saturated carbocycles. The first-order chi connectivity index (χ1) is 13.6. The molecule has 1 aromatic carbocycles. The third kappa shape index (κ3) is 4.47. The van der Waals surface area contributed by atoms with Crippen molar-refractivity contribution in [1.29, 1.82) is 0 Å². The van der Waals surface area contributed by atoms with Crippen LogP contribution < -0.4 is 10.6 Å². The summed E-state index contributed by atoms with van der Waals surface area (Å²) in [6.07, 6.45) is 2.84. The van der Waals surface area contributed by atoms with Gasteiger partial charge in [0.15, 0.2) is 0 Å². The van der Waals surface area contributed by atoms with Crippen LogP contribution in [0, 0.1) is 0 Å². The lowest BCUT2D eigenvalue weighted by Gasteiger charge is -2.43.